The van der Waals surface area contributed by atoms with E-state index in [1.165, 1.54) is 17.0 Å². The third-order valence-electron chi connectivity index (χ3n) is 3.28. The number of hydrogen-bond donors (Lipinski definition) is 1. The highest BCUT2D eigenvalue weighted by molar-refractivity contribution is 5.67. The molecule has 0 atom stereocenters. The molecule has 0 unspecified atom stereocenters. The molecule has 1 N–H and O–H groups in total. The van der Waals surface area contributed by atoms with Gasteiger partial charge in [0.15, 0.2) is 5.65 Å². The summed E-state index contributed by atoms with van der Waals surface area (Å²) in [6.45, 7) is 9.04. The highest BCUT2D eigenvalue weighted by Crippen LogP contribution is 2.19. The van der Waals surface area contributed by atoms with Gasteiger partial charge in [-0.15, -0.1) is 0 Å². The molecule has 3 aromatic rings. The second kappa shape index (κ2) is 5.17. The SMILES string of the molecule is [C-]#[N+]c1c[nH]n2c(=O)c(CC)c(Cc3cncnc3)nc12. The number of rotatable bonds is 3. The fraction of sp³-hybridized carbons (Fsp3) is 0.214. The zero-order valence-corrected chi connectivity index (χ0v) is 11.4. The molecule has 0 aromatic carbocycles. The highest BCUT2D eigenvalue weighted by atomic mass is 16.1. The van der Waals surface area contributed by atoms with E-state index in [2.05, 4.69) is 24.9 Å². The van der Waals surface area contributed by atoms with Crippen LogP contribution in [0.5, 0.6) is 0 Å². The van der Waals surface area contributed by atoms with Crippen LogP contribution in [0, 0.1) is 6.57 Å². The quantitative estimate of drug-likeness (QED) is 0.737. The lowest BCUT2D eigenvalue weighted by atomic mass is 10.1. The number of aromatic nitrogens is 5. The predicted octanol–water partition coefficient (Wildman–Crippen LogP) is 1.52. The van der Waals surface area contributed by atoms with Gasteiger partial charge in [-0.2, -0.15) is 0 Å². The van der Waals surface area contributed by atoms with E-state index in [-0.39, 0.29) is 5.56 Å². The molecule has 0 aliphatic carbocycles. The van der Waals surface area contributed by atoms with Crippen molar-refractivity contribution < 1.29 is 0 Å². The lowest BCUT2D eigenvalue weighted by molar-refractivity contribution is 0.839. The van der Waals surface area contributed by atoms with Gasteiger partial charge in [-0.3, -0.25) is 4.79 Å². The minimum Gasteiger partial charge on any atom is -0.308 e. The molecule has 0 bridgehead atoms. The van der Waals surface area contributed by atoms with Crippen LogP contribution in [0.4, 0.5) is 5.69 Å². The molecule has 104 valence electrons. The summed E-state index contributed by atoms with van der Waals surface area (Å²) in [4.78, 5) is 28.3. The van der Waals surface area contributed by atoms with Crippen LogP contribution in [0.1, 0.15) is 23.7 Å². The average Bonchev–Trinajstić information content (AvgIpc) is 2.92. The highest BCUT2D eigenvalue weighted by Gasteiger charge is 2.15. The van der Waals surface area contributed by atoms with Crippen LogP contribution in [0.25, 0.3) is 10.5 Å². The van der Waals surface area contributed by atoms with Crippen molar-refractivity contribution in [3.8, 4) is 0 Å². The van der Waals surface area contributed by atoms with E-state index in [1.807, 2.05) is 6.92 Å². The molecule has 0 fully saturated rings. The summed E-state index contributed by atoms with van der Waals surface area (Å²) in [7, 11) is 0. The Hall–Kier alpha value is -3.01. The first kappa shape index (κ1) is 13.0. The van der Waals surface area contributed by atoms with Crippen LogP contribution in [0.3, 0.4) is 0 Å². The van der Waals surface area contributed by atoms with Gasteiger partial charge in [0.05, 0.1) is 12.3 Å². The summed E-state index contributed by atoms with van der Waals surface area (Å²) in [6.07, 6.45) is 7.39. The molecule has 0 radical (unpaired) electrons. The van der Waals surface area contributed by atoms with Crippen LogP contribution in [-0.2, 0) is 12.8 Å². The number of nitrogens with one attached hydrogen (secondary N) is 1. The molecule has 0 spiro atoms. The molecule has 3 heterocycles. The van der Waals surface area contributed by atoms with Crippen molar-refractivity contribution in [2.45, 2.75) is 19.8 Å². The Kier molecular flexibility index (Phi) is 3.20. The van der Waals surface area contributed by atoms with E-state index < -0.39 is 0 Å². The normalized spacial score (nSPS) is 10.7. The molecule has 0 saturated carbocycles. The van der Waals surface area contributed by atoms with Gasteiger partial charge in [0, 0.05) is 30.6 Å². The first-order valence-electron chi connectivity index (χ1n) is 6.47. The first-order chi connectivity index (χ1) is 10.2. The summed E-state index contributed by atoms with van der Waals surface area (Å²) >= 11 is 0. The van der Waals surface area contributed by atoms with Crippen LogP contribution in [0.2, 0.25) is 0 Å². The van der Waals surface area contributed by atoms with Crippen molar-refractivity contribution in [2.24, 2.45) is 0 Å². The molecular formula is C14H12N6O. The molecule has 0 aliphatic heterocycles. The van der Waals surface area contributed by atoms with E-state index in [1.54, 1.807) is 12.4 Å². The molecule has 7 nitrogen and oxygen atoms in total. The van der Waals surface area contributed by atoms with Gasteiger partial charge in [-0.1, -0.05) is 6.92 Å². The Morgan fingerprint density at radius 3 is 2.81 bits per heavy atom. The summed E-state index contributed by atoms with van der Waals surface area (Å²) in [5.41, 5.74) is 2.71. The average molecular weight is 280 g/mol. The molecule has 3 rings (SSSR count). The van der Waals surface area contributed by atoms with Gasteiger partial charge in [0.1, 0.15) is 6.33 Å². The second-order valence-corrected chi connectivity index (χ2v) is 4.55. The van der Waals surface area contributed by atoms with Crippen LogP contribution >= 0.6 is 0 Å². The number of nitrogens with zero attached hydrogens (tertiary/aromatic N) is 5. The van der Waals surface area contributed by atoms with Crippen LogP contribution < -0.4 is 5.56 Å². The standard InChI is InChI=1S/C14H12N6O/c1-3-10-11(4-9-5-16-8-17-6-9)19-13-12(15-2)7-18-20(13)14(10)21/h5-8,18H,3-4H2,1H3. The summed E-state index contributed by atoms with van der Waals surface area (Å²) in [5.74, 6) is 0. The van der Waals surface area contributed by atoms with Crippen molar-refractivity contribution in [2.75, 3.05) is 0 Å². The topological polar surface area (TPSA) is 80.3 Å². The first-order valence-corrected chi connectivity index (χ1v) is 6.47. The Labute approximate surface area is 120 Å². The maximum Gasteiger partial charge on any atom is 0.274 e. The summed E-state index contributed by atoms with van der Waals surface area (Å²) in [6, 6.07) is 0. The molecule has 21 heavy (non-hydrogen) atoms. The molecule has 0 saturated heterocycles. The molecule has 7 heteroatoms. The van der Waals surface area contributed by atoms with E-state index >= 15 is 0 Å². The molecule has 3 aromatic heterocycles. The number of hydrogen-bond acceptors (Lipinski definition) is 4. The smallest absolute Gasteiger partial charge is 0.274 e. The van der Waals surface area contributed by atoms with Crippen LogP contribution in [-0.4, -0.2) is 24.6 Å². The Morgan fingerprint density at radius 1 is 1.38 bits per heavy atom. The maximum atomic E-state index is 12.5. The monoisotopic (exact) mass is 280 g/mol. The van der Waals surface area contributed by atoms with Crippen molar-refractivity contribution in [3.63, 3.8) is 0 Å². The zero-order valence-electron chi connectivity index (χ0n) is 11.4. The number of fused-ring (bicyclic) bond motifs is 1. The van der Waals surface area contributed by atoms with Gasteiger partial charge in [0.25, 0.3) is 5.56 Å². The van der Waals surface area contributed by atoms with Crippen molar-refractivity contribution in [3.05, 3.63) is 63.5 Å². The van der Waals surface area contributed by atoms with Gasteiger partial charge < -0.3 is 5.10 Å². The molecule has 0 amide bonds. The predicted molar refractivity (Wildman–Crippen MR) is 76.3 cm³/mol. The van der Waals surface area contributed by atoms with Gasteiger partial charge >= 0.3 is 0 Å². The zero-order chi connectivity index (χ0) is 14.8. The van der Waals surface area contributed by atoms with Gasteiger partial charge in [-0.25, -0.2) is 24.3 Å². The van der Waals surface area contributed by atoms with Crippen molar-refractivity contribution >= 4 is 11.3 Å². The van der Waals surface area contributed by atoms with Crippen molar-refractivity contribution in [1.82, 2.24) is 24.6 Å². The lowest BCUT2D eigenvalue weighted by Crippen LogP contribution is -2.22. The lowest BCUT2D eigenvalue weighted by Gasteiger charge is -2.07. The fourth-order valence-corrected chi connectivity index (χ4v) is 2.28. The number of aromatic amines is 1. The largest absolute Gasteiger partial charge is 0.308 e. The minimum atomic E-state index is -0.163. The van der Waals surface area contributed by atoms with Crippen LogP contribution in [0.15, 0.2) is 29.7 Å². The Morgan fingerprint density at radius 2 is 2.14 bits per heavy atom. The van der Waals surface area contributed by atoms with Gasteiger partial charge in [-0.05, 0) is 12.0 Å². The maximum absolute atomic E-state index is 12.5. The fourth-order valence-electron chi connectivity index (χ4n) is 2.28. The second-order valence-electron chi connectivity index (χ2n) is 4.55. The summed E-state index contributed by atoms with van der Waals surface area (Å²) in [5, 5.41) is 2.78. The van der Waals surface area contributed by atoms with E-state index in [9.17, 15) is 4.79 Å². The third-order valence-corrected chi connectivity index (χ3v) is 3.28. The van der Waals surface area contributed by atoms with Crippen molar-refractivity contribution in [1.29, 1.82) is 0 Å². The van der Waals surface area contributed by atoms with Gasteiger partial charge in [0.2, 0.25) is 5.69 Å². The molecular weight excluding hydrogens is 268 g/mol. The Bertz CT molecular complexity index is 887. The molecule has 0 aliphatic rings. The van der Waals surface area contributed by atoms with E-state index in [4.69, 9.17) is 6.57 Å². The third kappa shape index (κ3) is 2.17. The Balaban J connectivity index is 2.21. The van der Waals surface area contributed by atoms with E-state index in [0.717, 1.165) is 5.56 Å². The minimum absolute atomic E-state index is 0.163. The summed E-state index contributed by atoms with van der Waals surface area (Å²) < 4.78 is 1.32. The number of H-pyrrole nitrogens is 1. The van der Waals surface area contributed by atoms with E-state index in [0.29, 0.717) is 35.4 Å².